The topological polar surface area (TPSA) is 85.0 Å². The van der Waals surface area contributed by atoms with Crippen LogP contribution in [0.4, 0.5) is 11.4 Å². The minimum absolute atomic E-state index is 0.220. The number of piperidine rings is 1. The maximum atomic E-state index is 9.55. The molecule has 1 aliphatic rings. The zero-order valence-corrected chi connectivity index (χ0v) is 20.0. The highest BCUT2D eigenvalue weighted by molar-refractivity contribution is 6.31. The van der Waals surface area contributed by atoms with Crippen LogP contribution in [-0.4, -0.2) is 32.4 Å². The number of hydrogen-bond acceptors (Lipinski definition) is 4. The second-order valence-electron chi connectivity index (χ2n) is 9.12. The lowest BCUT2D eigenvalue weighted by Crippen LogP contribution is -2.38. The smallest absolute Gasteiger partial charge is 0.203 e. The van der Waals surface area contributed by atoms with Crippen molar-refractivity contribution in [1.29, 1.82) is 5.41 Å². The molecule has 5 aromatic rings. The number of rotatable bonds is 5. The molecule has 1 saturated heterocycles. The molecule has 4 N–H and O–H groups in total. The Bertz CT molecular complexity index is 1570. The molecular formula is C27H27ClN6O. The summed E-state index contributed by atoms with van der Waals surface area (Å²) < 4.78 is 4.32. The predicted octanol–water partition coefficient (Wildman–Crippen LogP) is 5.75. The molecule has 2 aromatic heterocycles. The average molecular weight is 487 g/mol. The van der Waals surface area contributed by atoms with E-state index < -0.39 is 0 Å². The molecule has 0 saturated carbocycles. The molecule has 178 valence electrons. The summed E-state index contributed by atoms with van der Waals surface area (Å²) in [6.45, 7) is 2.27. The Hall–Kier alpha value is -3.68. The summed E-state index contributed by atoms with van der Waals surface area (Å²) in [4.78, 5) is 5.54. The summed E-state index contributed by atoms with van der Waals surface area (Å²) >= 11 is 6.23. The Morgan fingerprint density at radius 3 is 2.60 bits per heavy atom. The molecule has 0 spiro atoms. The highest BCUT2D eigenvalue weighted by Crippen LogP contribution is 2.34. The third-order valence-corrected chi connectivity index (χ3v) is 7.42. The number of halogens is 1. The molecule has 3 heterocycles. The van der Waals surface area contributed by atoms with E-state index in [-0.39, 0.29) is 6.04 Å². The third-order valence-electron chi connectivity index (χ3n) is 7.18. The van der Waals surface area contributed by atoms with Crippen molar-refractivity contribution in [3.63, 3.8) is 0 Å². The molecule has 0 aliphatic carbocycles. The molecule has 0 amide bonds. The van der Waals surface area contributed by atoms with Gasteiger partial charge in [0.15, 0.2) is 0 Å². The van der Waals surface area contributed by atoms with E-state index in [0.29, 0.717) is 22.9 Å². The lowest BCUT2D eigenvalue weighted by atomic mass is 10.0. The van der Waals surface area contributed by atoms with Crippen LogP contribution in [0, 0.1) is 5.41 Å². The SMILES string of the molecule is N=c1n(Cc2cccc3[nH]ccc23)c2ccccc2n1C1CCN(c2cc(Cl)ccc2NO)CC1. The molecule has 0 bridgehead atoms. The normalized spacial score (nSPS) is 14.7. The van der Waals surface area contributed by atoms with Crippen LogP contribution in [0.2, 0.25) is 5.02 Å². The molecule has 35 heavy (non-hydrogen) atoms. The average Bonchev–Trinajstić information content (AvgIpc) is 3.48. The first-order valence-corrected chi connectivity index (χ1v) is 12.3. The van der Waals surface area contributed by atoms with Crippen molar-refractivity contribution in [1.82, 2.24) is 14.1 Å². The molecule has 1 aliphatic heterocycles. The zero-order chi connectivity index (χ0) is 23.9. The number of fused-ring (bicyclic) bond motifs is 2. The summed E-state index contributed by atoms with van der Waals surface area (Å²) in [5.41, 5.74) is 8.85. The van der Waals surface area contributed by atoms with Gasteiger partial charge in [0.05, 0.1) is 29.0 Å². The number of para-hydroxylation sites is 2. The second-order valence-corrected chi connectivity index (χ2v) is 9.55. The lowest BCUT2D eigenvalue weighted by molar-refractivity contribution is 0.381. The van der Waals surface area contributed by atoms with Gasteiger partial charge in [0, 0.05) is 41.3 Å². The van der Waals surface area contributed by atoms with Crippen molar-refractivity contribution in [2.24, 2.45) is 0 Å². The van der Waals surface area contributed by atoms with Crippen molar-refractivity contribution in [3.8, 4) is 0 Å². The fourth-order valence-corrected chi connectivity index (χ4v) is 5.64. The van der Waals surface area contributed by atoms with E-state index in [1.165, 1.54) is 10.9 Å². The summed E-state index contributed by atoms with van der Waals surface area (Å²) in [5.74, 6) is 0. The third kappa shape index (κ3) is 3.77. The summed E-state index contributed by atoms with van der Waals surface area (Å²) in [6.07, 6.45) is 3.76. The Morgan fingerprint density at radius 2 is 1.80 bits per heavy atom. The van der Waals surface area contributed by atoms with E-state index in [1.807, 2.05) is 18.3 Å². The van der Waals surface area contributed by atoms with Crippen molar-refractivity contribution >= 4 is 44.9 Å². The summed E-state index contributed by atoms with van der Waals surface area (Å²) in [5, 5.41) is 20.6. The van der Waals surface area contributed by atoms with Gasteiger partial charge in [0.25, 0.3) is 0 Å². The van der Waals surface area contributed by atoms with E-state index in [4.69, 9.17) is 11.6 Å². The first-order valence-electron chi connectivity index (χ1n) is 11.9. The first kappa shape index (κ1) is 21.8. The van der Waals surface area contributed by atoms with Gasteiger partial charge in [-0.2, -0.15) is 0 Å². The van der Waals surface area contributed by atoms with Gasteiger partial charge >= 0.3 is 0 Å². The van der Waals surface area contributed by atoms with Gasteiger partial charge in [0.2, 0.25) is 5.62 Å². The minimum Gasteiger partial charge on any atom is -0.370 e. The van der Waals surface area contributed by atoms with Crippen molar-refractivity contribution in [3.05, 3.63) is 89.1 Å². The number of imidazole rings is 1. The van der Waals surface area contributed by atoms with Gasteiger partial charge in [0.1, 0.15) is 0 Å². The molecule has 1 fully saturated rings. The first-order chi connectivity index (χ1) is 17.1. The quantitative estimate of drug-likeness (QED) is 0.239. The Kier molecular flexibility index (Phi) is 5.51. The van der Waals surface area contributed by atoms with Crippen molar-refractivity contribution in [2.75, 3.05) is 23.5 Å². The molecular weight excluding hydrogens is 460 g/mol. The van der Waals surface area contributed by atoms with Crippen LogP contribution >= 0.6 is 11.6 Å². The molecule has 0 radical (unpaired) electrons. The van der Waals surface area contributed by atoms with E-state index in [2.05, 4.69) is 67.0 Å². The largest absolute Gasteiger partial charge is 0.370 e. The Balaban J connectivity index is 1.33. The maximum Gasteiger partial charge on any atom is 0.203 e. The van der Waals surface area contributed by atoms with E-state index >= 15 is 0 Å². The van der Waals surface area contributed by atoms with Crippen LogP contribution in [0.1, 0.15) is 24.4 Å². The number of aromatic nitrogens is 3. The van der Waals surface area contributed by atoms with Crippen molar-refractivity contribution < 1.29 is 5.21 Å². The fraction of sp³-hybridized carbons (Fsp3) is 0.222. The molecule has 7 nitrogen and oxygen atoms in total. The monoisotopic (exact) mass is 486 g/mol. The van der Waals surface area contributed by atoms with Crippen LogP contribution in [-0.2, 0) is 6.54 Å². The molecule has 3 aromatic carbocycles. The van der Waals surface area contributed by atoms with Gasteiger partial charge in [-0.3, -0.25) is 16.1 Å². The highest BCUT2D eigenvalue weighted by Gasteiger charge is 2.25. The lowest BCUT2D eigenvalue weighted by Gasteiger charge is -2.35. The van der Waals surface area contributed by atoms with Gasteiger partial charge in [-0.05, 0) is 60.9 Å². The van der Waals surface area contributed by atoms with Crippen molar-refractivity contribution in [2.45, 2.75) is 25.4 Å². The summed E-state index contributed by atoms with van der Waals surface area (Å²) in [6, 6.07) is 22.4. The van der Waals surface area contributed by atoms with E-state index in [9.17, 15) is 10.6 Å². The standard InChI is InChI=1S/C27H27ClN6O/c28-19-8-9-23(31-35)26(16-19)32-14-11-20(12-15-32)34-25-7-2-1-6-24(25)33(27(34)29)17-18-4-3-5-22-21(18)10-13-30-22/h1-10,13,16,20,29-31,35H,11-12,14-15,17H2. The van der Waals surface area contributed by atoms with Crippen LogP contribution in [0.25, 0.3) is 21.9 Å². The van der Waals surface area contributed by atoms with Gasteiger partial charge in [-0.1, -0.05) is 35.9 Å². The van der Waals surface area contributed by atoms with E-state index in [0.717, 1.165) is 48.2 Å². The summed E-state index contributed by atoms with van der Waals surface area (Å²) in [7, 11) is 0. The molecule has 6 rings (SSSR count). The van der Waals surface area contributed by atoms with Crippen LogP contribution < -0.4 is 16.0 Å². The highest BCUT2D eigenvalue weighted by atomic mass is 35.5. The van der Waals surface area contributed by atoms with Crippen LogP contribution in [0.3, 0.4) is 0 Å². The number of anilines is 2. The fourth-order valence-electron chi connectivity index (χ4n) is 5.47. The maximum absolute atomic E-state index is 9.55. The second kappa shape index (κ2) is 8.83. The predicted molar refractivity (Wildman–Crippen MR) is 141 cm³/mol. The van der Waals surface area contributed by atoms with Gasteiger partial charge < -0.3 is 19.0 Å². The van der Waals surface area contributed by atoms with Crippen LogP contribution in [0.15, 0.2) is 72.9 Å². The number of H-pyrrole nitrogens is 1. The molecule has 0 unspecified atom stereocenters. The minimum atomic E-state index is 0.220. The Labute approximate surface area is 207 Å². The van der Waals surface area contributed by atoms with E-state index in [1.54, 1.807) is 12.1 Å². The zero-order valence-electron chi connectivity index (χ0n) is 19.2. The van der Waals surface area contributed by atoms with Gasteiger partial charge in [-0.15, -0.1) is 0 Å². The van der Waals surface area contributed by atoms with Crippen LogP contribution in [0.5, 0.6) is 0 Å². The number of benzene rings is 3. The number of nitrogens with zero attached hydrogens (tertiary/aromatic N) is 3. The Morgan fingerprint density at radius 1 is 1.00 bits per heavy atom. The van der Waals surface area contributed by atoms with Gasteiger partial charge in [-0.25, -0.2) is 0 Å². The number of nitrogens with one attached hydrogen (secondary N) is 3. The number of aromatic amines is 1. The molecule has 0 atom stereocenters. The number of hydrogen-bond donors (Lipinski definition) is 4. The molecule has 8 heteroatoms.